The molecule has 7 heteroatoms. The van der Waals surface area contributed by atoms with Crippen LogP contribution in [0, 0.1) is 0 Å². The molecule has 3 rings (SSSR count). The average Bonchev–Trinajstić information content (AvgIpc) is 3.23. The minimum atomic E-state index is -0.244. The van der Waals surface area contributed by atoms with E-state index < -0.39 is 0 Å². The van der Waals surface area contributed by atoms with Gasteiger partial charge in [-0.05, 0) is 25.5 Å². The zero-order valence-corrected chi connectivity index (χ0v) is 14.0. The molecule has 0 spiro atoms. The third kappa shape index (κ3) is 3.20. The van der Waals surface area contributed by atoms with Crippen molar-refractivity contribution in [2.75, 3.05) is 6.54 Å². The Bertz CT molecular complexity index is 720. The van der Waals surface area contributed by atoms with Crippen LogP contribution in [0.25, 0.3) is 0 Å². The molecule has 1 aliphatic heterocycles. The molecule has 0 fully saturated rings. The second-order valence-electron chi connectivity index (χ2n) is 5.95. The smallest absolute Gasteiger partial charge is 0.271 e. The number of nitrogens with zero attached hydrogens (tertiary/aromatic N) is 3. The summed E-state index contributed by atoms with van der Waals surface area (Å²) in [5.41, 5.74) is 0.369. The average molecular weight is 330 g/mol. The summed E-state index contributed by atoms with van der Waals surface area (Å²) in [5, 5.41) is 2.79. The molecule has 0 saturated carbocycles. The first-order chi connectivity index (χ1) is 11.6. The van der Waals surface area contributed by atoms with Gasteiger partial charge in [0.05, 0.1) is 18.8 Å². The molecule has 1 atom stereocenters. The van der Waals surface area contributed by atoms with Crippen LogP contribution in [-0.4, -0.2) is 32.8 Å². The molecule has 0 saturated heterocycles. The van der Waals surface area contributed by atoms with Gasteiger partial charge in [0.15, 0.2) is 0 Å². The highest BCUT2D eigenvalue weighted by molar-refractivity contribution is 5.92. The van der Waals surface area contributed by atoms with Gasteiger partial charge in [-0.3, -0.25) is 9.59 Å². The van der Waals surface area contributed by atoms with Crippen molar-refractivity contribution in [3.05, 3.63) is 41.9 Å². The standard InChI is InChI=1S/C17H22N4O3/c1-3-5-15(22)21-8-7-20-11-14(19-16(20)12(21)2)17(23)18-10-13-6-4-9-24-13/h4,6,9,11-12H,3,5,7-8,10H2,1-2H3,(H,18,23). The summed E-state index contributed by atoms with van der Waals surface area (Å²) in [4.78, 5) is 30.8. The third-order valence-electron chi connectivity index (χ3n) is 4.25. The van der Waals surface area contributed by atoms with Gasteiger partial charge in [0.1, 0.15) is 17.3 Å². The highest BCUT2D eigenvalue weighted by Crippen LogP contribution is 2.25. The Hall–Kier alpha value is -2.57. The molecule has 0 aliphatic carbocycles. The zero-order valence-electron chi connectivity index (χ0n) is 14.0. The lowest BCUT2D eigenvalue weighted by Crippen LogP contribution is -2.40. The van der Waals surface area contributed by atoms with E-state index in [1.165, 1.54) is 0 Å². The molecule has 1 aliphatic rings. The van der Waals surface area contributed by atoms with Crippen LogP contribution in [0.1, 0.15) is 54.8 Å². The number of aromatic nitrogens is 2. The molecule has 2 amide bonds. The Morgan fingerprint density at radius 2 is 2.25 bits per heavy atom. The zero-order chi connectivity index (χ0) is 17.1. The number of fused-ring (bicyclic) bond motifs is 1. The van der Waals surface area contributed by atoms with Gasteiger partial charge >= 0.3 is 0 Å². The lowest BCUT2D eigenvalue weighted by atomic mass is 10.2. The number of hydrogen-bond acceptors (Lipinski definition) is 4. The quantitative estimate of drug-likeness (QED) is 0.910. The summed E-state index contributed by atoms with van der Waals surface area (Å²) in [7, 11) is 0. The van der Waals surface area contributed by atoms with Crippen LogP contribution >= 0.6 is 0 Å². The fraction of sp³-hybridized carbons (Fsp3) is 0.471. The van der Waals surface area contributed by atoms with Crippen LogP contribution in [0.5, 0.6) is 0 Å². The van der Waals surface area contributed by atoms with E-state index in [0.29, 0.717) is 37.5 Å². The van der Waals surface area contributed by atoms with E-state index in [-0.39, 0.29) is 17.9 Å². The molecule has 1 N–H and O–H groups in total. The molecule has 0 radical (unpaired) electrons. The van der Waals surface area contributed by atoms with Crippen LogP contribution in [0.4, 0.5) is 0 Å². The molecule has 2 aromatic heterocycles. The van der Waals surface area contributed by atoms with Crippen molar-refractivity contribution in [1.82, 2.24) is 19.8 Å². The minimum Gasteiger partial charge on any atom is -0.467 e. The number of imidazole rings is 1. The van der Waals surface area contributed by atoms with Gasteiger partial charge < -0.3 is 19.2 Å². The summed E-state index contributed by atoms with van der Waals surface area (Å²) in [5.74, 6) is 1.35. The first kappa shape index (κ1) is 16.3. The Morgan fingerprint density at radius 3 is 2.96 bits per heavy atom. The third-order valence-corrected chi connectivity index (χ3v) is 4.25. The normalized spacial score (nSPS) is 16.8. The van der Waals surface area contributed by atoms with Gasteiger partial charge in [-0.1, -0.05) is 6.92 Å². The second kappa shape index (κ2) is 6.90. The van der Waals surface area contributed by atoms with Crippen molar-refractivity contribution in [2.24, 2.45) is 0 Å². The molecule has 7 nitrogen and oxygen atoms in total. The van der Waals surface area contributed by atoms with Crippen molar-refractivity contribution < 1.29 is 14.0 Å². The van der Waals surface area contributed by atoms with Gasteiger partial charge in [0.25, 0.3) is 5.91 Å². The van der Waals surface area contributed by atoms with Gasteiger partial charge in [-0.25, -0.2) is 4.98 Å². The van der Waals surface area contributed by atoms with E-state index in [4.69, 9.17) is 4.42 Å². The van der Waals surface area contributed by atoms with Crippen LogP contribution in [0.15, 0.2) is 29.0 Å². The van der Waals surface area contributed by atoms with Crippen LogP contribution < -0.4 is 5.32 Å². The van der Waals surface area contributed by atoms with Crippen LogP contribution in [0.2, 0.25) is 0 Å². The van der Waals surface area contributed by atoms with Crippen molar-refractivity contribution in [1.29, 1.82) is 0 Å². The highest BCUT2D eigenvalue weighted by Gasteiger charge is 2.30. The molecular weight excluding hydrogens is 308 g/mol. The summed E-state index contributed by atoms with van der Waals surface area (Å²) in [6.45, 7) is 5.58. The van der Waals surface area contributed by atoms with E-state index in [0.717, 1.165) is 12.2 Å². The van der Waals surface area contributed by atoms with E-state index in [1.54, 1.807) is 24.6 Å². The largest absolute Gasteiger partial charge is 0.467 e. The molecular formula is C17H22N4O3. The highest BCUT2D eigenvalue weighted by atomic mass is 16.3. The van der Waals surface area contributed by atoms with Crippen LogP contribution in [0.3, 0.4) is 0 Å². The topological polar surface area (TPSA) is 80.4 Å². The fourth-order valence-corrected chi connectivity index (χ4v) is 2.97. The van der Waals surface area contributed by atoms with Crippen LogP contribution in [-0.2, 0) is 17.9 Å². The predicted molar refractivity (Wildman–Crippen MR) is 87.1 cm³/mol. The maximum Gasteiger partial charge on any atom is 0.271 e. The summed E-state index contributed by atoms with van der Waals surface area (Å²) in [6, 6.07) is 3.46. The second-order valence-corrected chi connectivity index (χ2v) is 5.95. The number of carbonyl (C=O) groups is 2. The molecule has 2 aromatic rings. The van der Waals surface area contributed by atoms with Crippen molar-refractivity contribution in [3.8, 4) is 0 Å². The van der Waals surface area contributed by atoms with Gasteiger partial charge in [-0.2, -0.15) is 0 Å². The Morgan fingerprint density at radius 1 is 1.42 bits per heavy atom. The lowest BCUT2D eigenvalue weighted by molar-refractivity contribution is -0.134. The number of furan rings is 1. The molecule has 1 unspecified atom stereocenters. The predicted octanol–water partition coefficient (Wildman–Crippen LogP) is 2.11. The summed E-state index contributed by atoms with van der Waals surface area (Å²) >= 11 is 0. The first-order valence-corrected chi connectivity index (χ1v) is 8.27. The van der Waals surface area contributed by atoms with Crippen molar-refractivity contribution in [2.45, 2.75) is 45.8 Å². The Balaban J connectivity index is 1.69. The van der Waals surface area contributed by atoms with E-state index in [2.05, 4.69) is 10.3 Å². The molecule has 0 bridgehead atoms. The Kier molecular flexibility index (Phi) is 4.69. The summed E-state index contributed by atoms with van der Waals surface area (Å²) in [6.07, 6.45) is 4.70. The number of rotatable bonds is 5. The fourth-order valence-electron chi connectivity index (χ4n) is 2.97. The van der Waals surface area contributed by atoms with E-state index in [1.807, 2.05) is 23.3 Å². The van der Waals surface area contributed by atoms with E-state index >= 15 is 0 Å². The number of carbonyl (C=O) groups excluding carboxylic acids is 2. The maximum absolute atomic E-state index is 12.3. The minimum absolute atomic E-state index is 0.121. The van der Waals surface area contributed by atoms with E-state index in [9.17, 15) is 9.59 Å². The first-order valence-electron chi connectivity index (χ1n) is 8.27. The Labute approximate surface area is 140 Å². The van der Waals surface area contributed by atoms with Gasteiger partial charge in [0, 0.05) is 25.7 Å². The molecule has 128 valence electrons. The summed E-state index contributed by atoms with van der Waals surface area (Å²) < 4.78 is 7.16. The maximum atomic E-state index is 12.3. The van der Waals surface area contributed by atoms with Gasteiger partial charge in [0.2, 0.25) is 5.91 Å². The number of hydrogen-bond donors (Lipinski definition) is 1. The monoisotopic (exact) mass is 330 g/mol. The molecule has 0 aromatic carbocycles. The van der Waals surface area contributed by atoms with Crippen molar-refractivity contribution in [3.63, 3.8) is 0 Å². The SMILES string of the molecule is CCCC(=O)N1CCn2cc(C(=O)NCc3ccco3)nc2C1C. The lowest BCUT2D eigenvalue weighted by Gasteiger charge is -2.33. The number of nitrogens with one attached hydrogen (secondary N) is 1. The van der Waals surface area contributed by atoms with Gasteiger partial charge in [-0.15, -0.1) is 0 Å². The molecule has 24 heavy (non-hydrogen) atoms. The van der Waals surface area contributed by atoms with Crippen molar-refractivity contribution >= 4 is 11.8 Å². The molecule has 3 heterocycles. The number of amides is 2.